The van der Waals surface area contributed by atoms with E-state index in [4.69, 9.17) is 0 Å². The Kier molecular flexibility index (Phi) is 2.56. The van der Waals surface area contributed by atoms with Gasteiger partial charge < -0.3 is 0 Å². The van der Waals surface area contributed by atoms with Gasteiger partial charge >= 0.3 is 0 Å². The molecule has 2 aromatic heterocycles. The zero-order valence-electron chi connectivity index (χ0n) is 10.5. The summed E-state index contributed by atoms with van der Waals surface area (Å²) in [4.78, 5) is 8.68. The summed E-state index contributed by atoms with van der Waals surface area (Å²) in [5.74, 6) is 0. The summed E-state index contributed by atoms with van der Waals surface area (Å²) < 4.78 is 0. The lowest BCUT2D eigenvalue weighted by atomic mass is 10.0. The lowest BCUT2D eigenvalue weighted by Crippen LogP contribution is -1.88. The van der Waals surface area contributed by atoms with Gasteiger partial charge in [0.05, 0.1) is 5.69 Å². The summed E-state index contributed by atoms with van der Waals surface area (Å²) in [5, 5.41) is 2.49. The van der Waals surface area contributed by atoms with Crippen LogP contribution in [0.4, 0.5) is 0 Å². The van der Waals surface area contributed by atoms with E-state index in [1.165, 1.54) is 21.9 Å². The van der Waals surface area contributed by atoms with E-state index >= 15 is 0 Å². The van der Waals surface area contributed by atoms with Crippen LogP contribution in [0.5, 0.6) is 0 Å². The van der Waals surface area contributed by atoms with Crippen LogP contribution in [0.15, 0.2) is 48.9 Å². The first-order valence-corrected chi connectivity index (χ1v) is 6.02. The molecule has 88 valence electrons. The molecule has 0 spiro atoms. The Morgan fingerprint density at radius 1 is 0.889 bits per heavy atom. The van der Waals surface area contributed by atoms with E-state index in [0.29, 0.717) is 0 Å². The van der Waals surface area contributed by atoms with Crippen LogP contribution >= 0.6 is 0 Å². The van der Waals surface area contributed by atoms with Crippen LogP contribution < -0.4 is 0 Å². The second-order valence-electron chi connectivity index (χ2n) is 4.56. The molecule has 0 aliphatic rings. The fourth-order valence-electron chi connectivity index (χ4n) is 2.20. The maximum atomic E-state index is 4.54. The average molecular weight is 234 g/mol. The highest BCUT2D eigenvalue weighted by molar-refractivity contribution is 5.90. The predicted molar refractivity (Wildman–Crippen MR) is 74.4 cm³/mol. The summed E-state index contributed by atoms with van der Waals surface area (Å²) in [5.41, 5.74) is 4.58. The topological polar surface area (TPSA) is 25.8 Å². The van der Waals surface area contributed by atoms with Gasteiger partial charge in [-0.3, -0.25) is 9.97 Å². The minimum Gasteiger partial charge on any atom is -0.264 e. The van der Waals surface area contributed by atoms with Crippen molar-refractivity contribution >= 4 is 10.8 Å². The Labute approximate surface area is 106 Å². The van der Waals surface area contributed by atoms with Crippen LogP contribution in [0.2, 0.25) is 0 Å². The Morgan fingerprint density at radius 2 is 1.67 bits per heavy atom. The van der Waals surface area contributed by atoms with Gasteiger partial charge in [-0.25, -0.2) is 0 Å². The number of hydrogen-bond acceptors (Lipinski definition) is 2. The van der Waals surface area contributed by atoms with Gasteiger partial charge in [0, 0.05) is 29.5 Å². The van der Waals surface area contributed by atoms with E-state index in [1.54, 1.807) is 6.20 Å². The number of aryl methyl sites for hydroxylation is 2. The summed E-state index contributed by atoms with van der Waals surface area (Å²) in [7, 11) is 0. The molecule has 0 bridgehead atoms. The molecule has 3 rings (SSSR count). The summed E-state index contributed by atoms with van der Waals surface area (Å²) >= 11 is 0. The van der Waals surface area contributed by atoms with Crippen molar-refractivity contribution < 1.29 is 0 Å². The fourth-order valence-corrected chi connectivity index (χ4v) is 2.20. The SMILES string of the molecule is Cc1ccc(C)c2cc(-c3cccnc3)ncc12. The molecule has 0 N–H and O–H groups in total. The zero-order valence-corrected chi connectivity index (χ0v) is 10.5. The molecule has 0 amide bonds. The molecule has 0 saturated carbocycles. The van der Waals surface area contributed by atoms with Crippen molar-refractivity contribution in [2.45, 2.75) is 13.8 Å². The summed E-state index contributed by atoms with van der Waals surface area (Å²) in [6, 6.07) is 10.4. The van der Waals surface area contributed by atoms with Gasteiger partial charge in [-0.2, -0.15) is 0 Å². The fraction of sp³-hybridized carbons (Fsp3) is 0.125. The van der Waals surface area contributed by atoms with Gasteiger partial charge in [0.1, 0.15) is 0 Å². The number of fused-ring (bicyclic) bond motifs is 1. The van der Waals surface area contributed by atoms with Crippen molar-refractivity contribution in [2.24, 2.45) is 0 Å². The Balaban J connectivity index is 2.26. The highest BCUT2D eigenvalue weighted by Crippen LogP contribution is 2.25. The monoisotopic (exact) mass is 234 g/mol. The van der Waals surface area contributed by atoms with E-state index in [2.05, 4.69) is 42.0 Å². The van der Waals surface area contributed by atoms with Gasteiger partial charge in [0.2, 0.25) is 0 Å². The quantitative estimate of drug-likeness (QED) is 0.638. The maximum Gasteiger partial charge on any atom is 0.0723 e. The van der Waals surface area contributed by atoms with Gasteiger partial charge in [-0.1, -0.05) is 12.1 Å². The molecule has 0 unspecified atom stereocenters. The molecule has 0 aliphatic heterocycles. The van der Waals surface area contributed by atoms with Crippen molar-refractivity contribution in [1.82, 2.24) is 9.97 Å². The molecule has 0 aliphatic carbocycles. The first-order chi connectivity index (χ1) is 8.75. The molecule has 18 heavy (non-hydrogen) atoms. The summed E-state index contributed by atoms with van der Waals surface area (Å²) in [6.45, 7) is 4.25. The smallest absolute Gasteiger partial charge is 0.0723 e. The van der Waals surface area contributed by atoms with Crippen LogP contribution in [0.3, 0.4) is 0 Å². The van der Waals surface area contributed by atoms with E-state index in [0.717, 1.165) is 11.3 Å². The predicted octanol–water partition coefficient (Wildman–Crippen LogP) is 3.91. The van der Waals surface area contributed by atoms with Crippen molar-refractivity contribution in [3.63, 3.8) is 0 Å². The highest BCUT2D eigenvalue weighted by atomic mass is 14.7. The van der Waals surface area contributed by atoms with Crippen molar-refractivity contribution in [3.05, 3.63) is 60.0 Å². The lowest BCUT2D eigenvalue weighted by molar-refractivity contribution is 1.28. The van der Waals surface area contributed by atoms with Crippen LogP contribution in [0.1, 0.15) is 11.1 Å². The van der Waals surface area contributed by atoms with Crippen molar-refractivity contribution in [2.75, 3.05) is 0 Å². The van der Waals surface area contributed by atoms with Gasteiger partial charge in [-0.05, 0) is 48.6 Å². The van der Waals surface area contributed by atoms with Gasteiger partial charge in [-0.15, -0.1) is 0 Å². The minimum atomic E-state index is 0.976. The third-order valence-electron chi connectivity index (χ3n) is 3.29. The number of aromatic nitrogens is 2. The molecular weight excluding hydrogens is 220 g/mol. The van der Waals surface area contributed by atoms with Crippen LogP contribution in [-0.4, -0.2) is 9.97 Å². The third kappa shape index (κ3) is 1.76. The normalized spacial score (nSPS) is 10.8. The van der Waals surface area contributed by atoms with E-state index in [-0.39, 0.29) is 0 Å². The Hall–Kier alpha value is -2.22. The van der Waals surface area contributed by atoms with E-state index in [1.807, 2.05) is 24.5 Å². The molecule has 0 radical (unpaired) electrons. The molecule has 0 atom stereocenters. The first kappa shape index (κ1) is 10.9. The molecular formula is C16H14N2. The minimum absolute atomic E-state index is 0.976. The number of hydrogen-bond donors (Lipinski definition) is 0. The van der Waals surface area contributed by atoms with Crippen molar-refractivity contribution in [1.29, 1.82) is 0 Å². The van der Waals surface area contributed by atoms with Crippen molar-refractivity contribution in [3.8, 4) is 11.3 Å². The first-order valence-electron chi connectivity index (χ1n) is 6.02. The van der Waals surface area contributed by atoms with E-state index < -0.39 is 0 Å². The largest absolute Gasteiger partial charge is 0.264 e. The maximum absolute atomic E-state index is 4.54. The van der Waals surface area contributed by atoms with E-state index in [9.17, 15) is 0 Å². The second-order valence-corrected chi connectivity index (χ2v) is 4.56. The number of pyridine rings is 2. The standard InChI is InChI=1S/C16H14N2/c1-11-5-6-12(2)15-10-18-16(8-14(11)15)13-4-3-7-17-9-13/h3-10H,1-2H3. The molecule has 3 aromatic rings. The van der Waals surface area contributed by atoms with Crippen LogP contribution in [0, 0.1) is 13.8 Å². The highest BCUT2D eigenvalue weighted by Gasteiger charge is 2.04. The molecule has 2 nitrogen and oxygen atoms in total. The molecule has 2 heteroatoms. The van der Waals surface area contributed by atoms with Gasteiger partial charge in [0.25, 0.3) is 0 Å². The summed E-state index contributed by atoms with van der Waals surface area (Å²) in [6.07, 6.45) is 5.58. The number of nitrogens with zero attached hydrogens (tertiary/aromatic N) is 2. The molecule has 0 saturated heterocycles. The second kappa shape index (κ2) is 4.22. The molecule has 0 fully saturated rings. The van der Waals surface area contributed by atoms with Crippen LogP contribution in [-0.2, 0) is 0 Å². The molecule has 1 aromatic carbocycles. The number of rotatable bonds is 1. The van der Waals surface area contributed by atoms with Crippen LogP contribution in [0.25, 0.3) is 22.0 Å². The number of benzene rings is 1. The van der Waals surface area contributed by atoms with Gasteiger partial charge in [0.15, 0.2) is 0 Å². The third-order valence-corrected chi connectivity index (χ3v) is 3.29. The Morgan fingerprint density at radius 3 is 2.39 bits per heavy atom. The lowest BCUT2D eigenvalue weighted by Gasteiger charge is -2.07. The Bertz CT molecular complexity index is 703. The average Bonchev–Trinajstić information content (AvgIpc) is 2.44. The molecule has 2 heterocycles. The zero-order chi connectivity index (χ0) is 12.5.